The molecule has 0 fully saturated rings. The summed E-state index contributed by atoms with van der Waals surface area (Å²) in [6.45, 7) is 0. The first-order valence-electron chi connectivity index (χ1n) is 1.36. The molecular formula is C4H4ClO. The molecule has 0 aliphatic rings. The quantitative estimate of drug-likeness (QED) is 0.328. The molecule has 0 N–H and O–H groups in total. The zero-order valence-electron chi connectivity index (χ0n) is 3.20. The van der Waals surface area contributed by atoms with Crippen LogP contribution >= 0.6 is 11.6 Å². The SMILES string of the molecule is [CH2]OC#CCCl. The summed E-state index contributed by atoms with van der Waals surface area (Å²) in [5, 5.41) is 0. The molecule has 0 bridgehead atoms. The van der Waals surface area contributed by atoms with E-state index < -0.39 is 0 Å². The molecule has 0 aromatic rings. The monoisotopic (exact) mass is 103 g/mol. The van der Waals surface area contributed by atoms with Crippen LogP contribution in [-0.4, -0.2) is 5.88 Å². The molecule has 0 saturated heterocycles. The molecule has 0 amide bonds. The summed E-state index contributed by atoms with van der Waals surface area (Å²) in [5.74, 6) is 2.73. The van der Waals surface area contributed by atoms with E-state index in [1.807, 2.05) is 0 Å². The Hall–Kier alpha value is -0.350. The lowest BCUT2D eigenvalue weighted by atomic mass is 10.8. The second-order valence-electron chi connectivity index (χ2n) is 0.557. The van der Waals surface area contributed by atoms with Crippen molar-refractivity contribution in [1.82, 2.24) is 0 Å². The van der Waals surface area contributed by atoms with Crippen molar-refractivity contribution < 1.29 is 4.74 Å². The average molecular weight is 104 g/mol. The summed E-state index contributed by atoms with van der Waals surface area (Å²) in [7, 11) is 2.99. The first kappa shape index (κ1) is 5.65. The van der Waals surface area contributed by atoms with Gasteiger partial charge in [-0.2, -0.15) is 0 Å². The van der Waals surface area contributed by atoms with Crippen molar-refractivity contribution >= 4 is 11.6 Å². The van der Waals surface area contributed by atoms with Crippen LogP contribution in [0.1, 0.15) is 0 Å². The van der Waals surface area contributed by atoms with E-state index in [2.05, 4.69) is 23.9 Å². The van der Waals surface area contributed by atoms with Crippen molar-refractivity contribution in [2.45, 2.75) is 0 Å². The fourth-order valence-electron chi connectivity index (χ4n) is 0.0783. The van der Waals surface area contributed by atoms with Crippen LogP contribution in [0, 0.1) is 19.1 Å². The van der Waals surface area contributed by atoms with E-state index in [9.17, 15) is 0 Å². The summed E-state index contributed by atoms with van der Waals surface area (Å²) in [5.41, 5.74) is 0. The van der Waals surface area contributed by atoms with E-state index in [0.717, 1.165) is 0 Å². The zero-order chi connectivity index (χ0) is 4.83. The summed E-state index contributed by atoms with van der Waals surface area (Å²) in [4.78, 5) is 0. The third-order valence-electron chi connectivity index (χ3n) is 0.211. The third-order valence-corrected chi connectivity index (χ3v) is 0.345. The molecule has 0 heterocycles. The average Bonchev–Trinajstić information content (AvgIpc) is 1.61. The Kier molecular flexibility index (Phi) is 4.38. The van der Waals surface area contributed by atoms with Crippen LogP contribution in [0.5, 0.6) is 0 Å². The van der Waals surface area contributed by atoms with Gasteiger partial charge in [0.05, 0.1) is 5.88 Å². The number of hydrogen-bond donors (Lipinski definition) is 0. The Balaban J connectivity index is 2.90. The first-order chi connectivity index (χ1) is 2.91. The number of hydrogen-bond acceptors (Lipinski definition) is 1. The highest BCUT2D eigenvalue weighted by Crippen LogP contribution is 1.66. The molecule has 0 saturated carbocycles. The minimum Gasteiger partial charge on any atom is -0.443 e. The van der Waals surface area contributed by atoms with Gasteiger partial charge in [-0.1, -0.05) is 0 Å². The largest absolute Gasteiger partial charge is 0.443 e. The molecule has 0 aliphatic heterocycles. The predicted octanol–water partition coefficient (Wildman–Crippen LogP) is 0.994. The predicted molar refractivity (Wildman–Crippen MR) is 24.9 cm³/mol. The van der Waals surface area contributed by atoms with E-state index in [-0.39, 0.29) is 0 Å². The normalized spacial score (nSPS) is 5.67. The Morgan fingerprint density at radius 2 is 2.50 bits per heavy atom. The van der Waals surface area contributed by atoms with Gasteiger partial charge in [-0.3, -0.25) is 0 Å². The minimum atomic E-state index is 0.301. The molecule has 0 spiro atoms. The van der Waals surface area contributed by atoms with Crippen LogP contribution in [0.4, 0.5) is 0 Å². The van der Waals surface area contributed by atoms with Gasteiger partial charge in [0.2, 0.25) is 0 Å². The number of rotatable bonds is 0. The highest BCUT2D eigenvalue weighted by atomic mass is 35.5. The maximum absolute atomic E-state index is 5.10. The molecule has 0 aromatic heterocycles. The lowest BCUT2D eigenvalue weighted by Crippen LogP contribution is -1.61. The van der Waals surface area contributed by atoms with Crippen molar-refractivity contribution in [2.24, 2.45) is 0 Å². The van der Waals surface area contributed by atoms with Gasteiger partial charge in [0.1, 0.15) is 13.2 Å². The Bertz CT molecular complexity index is 61.4. The van der Waals surface area contributed by atoms with Crippen LogP contribution in [0.15, 0.2) is 0 Å². The molecule has 2 heteroatoms. The van der Waals surface area contributed by atoms with E-state index in [0.29, 0.717) is 5.88 Å². The van der Waals surface area contributed by atoms with Crippen molar-refractivity contribution in [3.05, 3.63) is 7.11 Å². The van der Waals surface area contributed by atoms with Crippen LogP contribution in [0.2, 0.25) is 0 Å². The van der Waals surface area contributed by atoms with Crippen molar-refractivity contribution in [3.63, 3.8) is 0 Å². The van der Waals surface area contributed by atoms with Gasteiger partial charge in [-0.15, -0.1) is 11.6 Å². The number of ether oxygens (including phenoxy) is 1. The minimum absolute atomic E-state index is 0.301. The number of halogens is 1. The second-order valence-corrected chi connectivity index (χ2v) is 0.824. The van der Waals surface area contributed by atoms with Crippen molar-refractivity contribution in [2.75, 3.05) is 5.88 Å². The van der Waals surface area contributed by atoms with E-state index in [1.165, 1.54) is 0 Å². The Labute approximate surface area is 42.3 Å². The van der Waals surface area contributed by atoms with Gasteiger partial charge in [-0.25, -0.2) is 0 Å². The maximum Gasteiger partial charge on any atom is 0.135 e. The Morgan fingerprint density at radius 3 is 2.67 bits per heavy atom. The molecule has 0 aliphatic carbocycles. The highest BCUT2D eigenvalue weighted by molar-refractivity contribution is 6.19. The van der Waals surface area contributed by atoms with Gasteiger partial charge in [0, 0.05) is 0 Å². The van der Waals surface area contributed by atoms with E-state index in [4.69, 9.17) is 11.6 Å². The fraction of sp³-hybridized carbons (Fsp3) is 0.250. The van der Waals surface area contributed by atoms with Crippen molar-refractivity contribution in [1.29, 1.82) is 0 Å². The molecule has 1 radical (unpaired) electrons. The summed E-state index contributed by atoms with van der Waals surface area (Å²) in [6.07, 6.45) is 2.20. The second kappa shape index (κ2) is 4.65. The van der Waals surface area contributed by atoms with Crippen LogP contribution in [0.25, 0.3) is 0 Å². The molecule has 6 heavy (non-hydrogen) atoms. The first-order valence-corrected chi connectivity index (χ1v) is 1.90. The van der Waals surface area contributed by atoms with Gasteiger partial charge < -0.3 is 4.74 Å². The van der Waals surface area contributed by atoms with Crippen LogP contribution in [0.3, 0.4) is 0 Å². The lowest BCUT2D eigenvalue weighted by molar-refractivity contribution is 0.431. The highest BCUT2D eigenvalue weighted by Gasteiger charge is 1.57. The topological polar surface area (TPSA) is 9.23 Å². The molecule has 0 aromatic carbocycles. The lowest BCUT2D eigenvalue weighted by Gasteiger charge is -1.70. The molecular weight excluding hydrogens is 99.5 g/mol. The molecule has 0 rings (SSSR count). The van der Waals surface area contributed by atoms with Crippen LogP contribution < -0.4 is 0 Å². The summed E-state index contributed by atoms with van der Waals surface area (Å²) in [6, 6.07) is 0. The van der Waals surface area contributed by atoms with Gasteiger partial charge >= 0.3 is 0 Å². The summed E-state index contributed by atoms with van der Waals surface area (Å²) < 4.78 is 4.09. The van der Waals surface area contributed by atoms with Gasteiger partial charge in [0.25, 0.3) is 0 Å². The third kappa shape index (κ3) is 3.65. The molecule has 1 nitrogen and oxygen atoms in total. The molecule has 0 unspecified atom stereocenters. The van der Waals surface area contributed by atoms with Crippen molar-refractivity contribution in [3.8, 4) is 12.0 Å². The van der Waals surface area contributed by atoms with E-state index in [1.54, 1.807) is 0 Å². The standard InChI is InChI=1S/C4H4ClO/c1-6-4-2-3-5/h1,3H2. The van der Waals surface area contributed by atoms with E-state index >= 15 is 0 Å². The van der Waals surface area contributed by atoms with Gasteiger partial charge in [-0.05, 0) is 5.92 Å². The maximum atomic E-state index is 5.10. The zero-order valence-corrected chi connectivity index (χ0v) is 3.96. The number of alkyl halides is 1. The smallest absolute Gasteiger partial charge is 0.135 e. The summed E-state index contributed by atoms with van der Waals surface area (Å²) >= 11 is 5.10. The Morgan fingerprint density at radius 1 is 1.83 bits per heavy atom. The fourth-order valence-corrected chi connectivity index (χ4v) is 0.133. The van der Waals surface area contributed by atoms with Gasteiger partial charge in [0.15, 0.2) is 0 Å². The molecule has 33 valence electrons. The van der Waals surface area contributed by atoms with Crippen LogP contribution in [-0.2, 0) is 4.74 Å². The molecule has 0 atom stereocenters.